The van der Waals surface area contributed by atoms with Gasteiger partial charge < -0.3 is 20.2 Å². The summed E-state index contributed by atoms with van der Waals surface area (Å²) in [6.45, 7) is 8.78. The molecule has 0 spiro atoms. The van der Waals surface area contributed by atoms with Gasteiger partial charge in [-0.1, -0.05) is 45.0 Å². The van der Waals surface area contributed by atoms with Crippen molar-refractivity contribution >= 4 is 0 Å². The molecule has 3 rings (SSSR count). The lowest BCUT2D eigenvalue weighted by Crippen LogP contribution is -2.24. The van der Waals surface area contributed by atoms with Crippen LogP contribution in [0.4, 0.5) is 0 Å². The average molecular weight is 338 g/mol. The van der Waals surface area contributed by atoms with Crippen molar-refractivity contribution in [2.45, 2.75) is 39.0 Å². The lowest BCUT2D eigenvalue weighted by Gasteiger charge is -2.29. The minimum absolute atomic E-state index is 0.0817. The Morgan fingerprint density at radius 2 is 2.08 bits per heavy atom. The van der Waals surface area contributed by atoms with Crippen LogP contribution >= 0.6 is 0 Å². The molecule has 25 heavy (non-hydrogen) atoms. The summed E-state index contributed by atoms with van der Waals surface area (Å²) in [6, 6.07) is 10.6. The number of aromatic amines is 1. The molecule has 130 valence electrons. The first kappa shape index (κ1) is 16.9. The minimum atomic E-state index is -0.370. The molecule has 0 amide bonds. The number of ether oxygens (including phenoxy) is 2. The third kappa shape index (κ3) is 2.93. The fourth-order valence-electron chi connectivity index (χ4n) is 3.14. The van der Waals surface area contributed by atoms with E-state index in [-0.39, 0.29) is 17.2 Å². The molecule has 2 aromatic rings. The molecule has 0 radical (unpaired) electrons. The van der Waals surface area contributed by atoms with E-state index >= 15 is 0 Å². The number of rotatable bonds is 3. The summed E-state index contributed by atoms with van der Waals surface area (Å²) in [7, 11) is 0. The van der Waals surface area contributed by atoms with Gasteiger partial charge in [0.25, 0.3) is 6.01 Å². The highest BCUT2D eigenvalue weighted by Crippen LogP contribution is 2.44. The zero-order valence-corrected chi connectivity index (χ0v) is 14.9. The maximum Gasteiger partial charge on any atom is 0.297 e. The predicted octanol–water partition coefficient (Wildman–Crippen LogP) is 3.32. The van der Waals surface area contributed by atoms with E-state index in [0.717, 1.165) is 11.1 Å². The van der Waals surface area contributed by atoms with Crippen molar-refractivity contribution in [3.8, 4) is 18.0 Å². The van der Waals surface area contributed by atoms with E-state index in [4.69, 9.17) is 15.2 Å². The number of nitrogens with two attached hydrogens (primary N) is 1. The van der Waals surface area contributed by atoms with E-state index in [1.807, 2.05) is 25.1 Å². The molecule has 0 saturated carbocycles. The van der Waals surface area contributed by atoms with Crippen molar-refractivity contribution in [3.05, 3.63) is 52.5 Å². The van der Waals surface area contributed by atoms with Gasteiger partial charge in [0.05, 0.1) is 18.2 Å². The second-order valence-corrected chi connectivity index (χ2v) is 6.96. The van der Waals surface area contributed by atoms with Gasteiger partial charge in [-0.15, -0.1) is 0 Å². The van der Waals surface area contributed by atoms with Crippen LogP contribution in [0, 0.1) is 11.3 Å². The quantitative estimate of drug-likeness (QED) is 0.895. The Labute approximate surface area is 147 Å². The summed E-state index contributed by atoms with van der Waals surface area (Å²) in [6.07, 6.45) is 0. The molecule has 1 aromatic heterocycles. The van der Waals surface area contributed by atoms with Crippen LogP contribution in [-0.2, 0) is 5.41 Å². The molecule has 0 unspecified atom stereocenters. The topological polar surface area (TPSA) is 97.0 Å². The first-order chi connectivity index (χ1) is 11.9. The number of H-pyrrole nitrogens is 1. The van der Waals surface area contributed by atoms with Crippen LogP contribution in [0.5, 0.6) is 11.9 Å². The van der Waals surface area contributed by atoms with Crippen LogP contribution in [0.3, 0.4) is 0 Å². The van der Waals surface area contributed by atoms with E-state index in [9.17, 15) is 5.26 Å². The largest absolute Gasteiger partial charge is 0.465 e. The first-order valence-corrected chi connectivity index (χ1v) is 8.26. The SMILES string of the molecule is CCOc1nc2c([nH]1)[C@H](c1ccccc1C(C)(C)C)C(C#N)=C(N)O2. The van der Waals surface area contributed by atoms with Crippen LogP contribution in [0.2, 0.25) is 0 Å². The molecular weight excluding hydrogens is 316 g/mol. The molecule has 0 aliphatic carbocycles. The highest BCUT2D eigenvalue weighted by molar-refractivity contribution is 5.54. The number of nitrogens with zero attached hydrogens (tertiary/aromatic N) is 2. The highest BCUT2D eigenvalue weighted by Gasteiger charge is 2.36. The van der Waals surface area contributed by atoms with E-state index in [2.05, 4.69) is 42.9 Å². The van der Waals surface area contributed by atoms with Gasteiger partial charge in [-0.25, -0.2) is 0 Å². The molecule has 2 heterocycles. The monoisotopic (exact) mass is 338 g/mol. The second-order valence-electron chi connectivity index (χ2n) is 6.96. The molecular formula is C19H22N4O2. The van der Waals surface area contributed by atoms with Crippen molar-refractivity contribution in [1.29, 1.82) is 5.26 Å². The summed E-state index contributed by atoms with van der Waals surface area (Å²) in [5.41, 5.74) is 9.13. The molecule has 0 saturated heterocycles. The Balaban J connectivity index is 2.23. The molecule has 0 fully saturated rings. The number of aromatic nitrogens is 2. The van der Waals surface area contributed by atoms with Crippen molar-refractivity contribution in [2.75, 3.05) is 6.61 Å². The Morgan fingerprint density at radius 1 is 1.36 bits per heavy atom. The molecule has 1 aliphatic heterocycles. The first-order valence-electron chi connectivity index (χ1n) is 8.26. The lowest BCUT2D eigenvalue weighted by atomic mass is 9.77. The molecule has 1 atom stereocenters. The zero-order valence-electron chi connectivity index (χ0n) is 14.9. The van der Waals surface area contributed by atoms with E-state index < -0.39 is 0 Å². The zero-order chi connectivity index (χ0) is 18.2. The van der Waals surface area contributed by atoms with E-state index in [1.165, 1.54) is 0 Å². The number of nitriles is 1. The highest BCUT2D eigenvalue weighted by atomic mass is 16.5. The van der Waals surface area contributed by atoms with Crippen LogP contribution in [0.15, 0.2) is 35.7 Å². The van der Waals surface area contributed by atoms with Gasteiger partial charge in [0, 0.05) is 0 Å². The molecule has 1 aliphatic rings. The Hall–Kier alpha value is -2.94. The van der Waals surface area contributed by atoms with Gasteiger partial charge in [-0.3, -0.25) is 0 Å². The number of hydrogen-bond donors (Lipinski definition) is 2. The normalized spacial score (nSPS) is 16.8. The summed E-state index contributed by atoms with van der Waals surface area (Å²) in [4.78, 5) is 7.45. The molecule has 3 N–H and O–H groups in total. The smallest absolute Gasteiger partial charge is 0.297 e. The van der Waals surface area contributed by atoms with Gasteiger partial charge in [-0.2, -0.15) is 10.2 Å². The van der Waals surface area contributed by atoms with E-state index in [1.54, 1.807) is 0 Å². The van der Waals surface area contributed by atoms with Crippen molar-refractivity contribution in [1.82, 2.24) is 9.97 Å². The summed E-state index contributed by atoms with van der Waals surface area (Å²) in [5, 5.41) is 9.69. The fourth-order valence-corrected chi connectivity index (χ4v) is 3.14. The molecule has 6 nitrogen and oxygen atoms in total. The van der Waals surface area contributed by atoms with Crippen LogP contribution in [0.1, 0.15) is 50.4 Å². The Bertz CT molecular complexity index is 868. The molecule has 6 heteroatoms. The van der Waals surface area contributed by atoms with Gasteiger partial charge in [-0.05, 0) is 23.5 Å². The summed E-state index contributed by atoms with van der Waals surface area (Å²) >= 11 is 0. The molecule has 1 aromatic carbocycles. The van der Waals surface area contributed by atoms with Gasteiger partial charge >= 0.3 is 0 Å². The van der Waals surface area contributed by atoms with Crippen LogP contribution in [-0.4, -0.2) is 16.6 Å². The maximum absolute atomic E-state index is 9.69. The Morgan fingerprint density at radius 3 is 2.72 bits per heavy atom. The molecule has 0 bridgehead atoms. The van der Waals surface area contributed by atoms with Gasteiger partial charge in [0.1, 0.15) is 11.6 Å². The number of hydrogen-bond acceptors (Lipinski definition) is 5. The third-order valence-electron chi connectivity index (χ3n) is 4.21. The number of fused-ring (bicyclic) bond motifs is 1. The minimum Gasteiger partial charge on any atom is -0.465 e. The van der Waals surface area contributed by atoms with Crippen molar-refractivity contribution < 1.29 is 9.47 Å². The van der Waals surface area contributed by atoms with Gasteiger partial charge in [0.2, 0.25) is 11.8 Å². The predicted molar refractivity (Wildman–Crippen MR) is 94.2 cm³/mol. The van der Waals surface area contributed by atoms with Crippen molar-refractivity contribution in [2.24, 2.45) is 5.73 Å². The third-order valence-corrected chi connectivity index (χ3v) is 4.21. The van der Waals surface area contributed by atoms with Crippen LogP contribution < -0.4 is 15.2 Å². The lowest BCUT2D eigenvalue weighted by molar-refractivity contribution is 0.312. The van der Waals surface area contributed by atoms with Crippen LogP contribution in [0.25, 0.3) is 0 Å². The fraction of sp³-hybridized carbons (Fsp3) is 0.368. The number of benzene rings is 1. The second kappa shape index (κ2) is 6.17. The maximum atomic E-state index is 9.69. The average Bonchev–Trinajstić information content (AvgIpc) is 2.95. The van der Waals surface area contributed by atoms with Gasteiger partial charge in [0.15, 0.2) is 0 Å². The van der Waals surface area contributed by atoms with E-state index in [0.29, 0.717) is 29.8 Å². The summed E-state index contributed by atoms with van der Waals surface area (Å²) < 4.78 is 11.0. The Kier molecular flexibility index (Phi) is 4.17. The van der Waals surface area contributed by atoms with Crippen molar-refractivity contribution in [3.63, 3.8) is 0 Å². The standard InChI is InChI=1S/C19H22N4O2/c1-5-24-18-22-15-14(12(10-20)16(21)25-17(15)23-18)11-8-6-7-9-13(11)19(2,3)4/h6-9,14H,5,21H2,1-4H3,(H,22,23)/t14-/m1/s1. The number of allylic oxidation sites excluding steroid dienone is 1. The number of nitrogens with one attached hydrogen (secondary N) is 1. The number of imidazole rings is 1. The summed E-state index contributed by atoms with van der Waals surface area (Å²) in [5.74, 6) is 0.0674.